The monoisotopic (exact) mass is 433 g/mol. The van der Waals surface area contributed by atoms with E-state index in [1.807, 2.05) is 19.1 Å². The maximum Gasteiger partial charge on any atom is 0.306 e. The molecule has 0 atom stereocenters. The van der Waals surface area contributed by atoms with Crippen LogP contribution in [0, 0.1) is 6.92 Å². The number of ether oxygens (including phenoxy) is 2. The molecular formula is C20H20BrNO5. The minimum Gasteiger partial charge on any atom is -0.496 e. The first-order valence-electron chi connectivity index (χ1n) is 8.28. The molecule has 0 aliphatic heterocycles. The number of ketones is 1. The van der Waals surface area contributed by atoms with E-state index in [1.54, 1.807) is 30.3 Å². The smallest absolute Gasteiger partial charge is 0.306 e. The Morgan fingerprint density at radius 1 is 1.07 bits per heavy atom. The van der Waals surface area contributed by atoms with Gasteiger partial charge in [0.2, 0.25) is 0 Å². The van der Waals surface area contributed by atoms with Gasteiger partial charge in [0.05, 0.1) is 19.1 Å². The number of rotatable bonds is 8. The van der Waals surface area contributed by atoms with Crippen molar-refractivity contribution in [2.24, 2.45) is 0 Å². The quantitative estimate of drug-likeness (QED) is 0.503. The molecule has 0 saturated carbocycles. The summed E-state index contributed by atoms with van der Waals surface area (Å²) in [7, 11) is 1.47. The van der Waals surface area contributed by atoms with Crippen molar-refractivity contribution in [3.05, 3.63) is 58.1 Å². The third-order valence-electron chi connectivity index (χ3n) is 3.80. The van der Waals surface area contributed by atoms with Crippen molar-refractivity contribution >= 4 is 39.3 Å². The molecule has 142 valence electrons. The van der Waals surface area contributed by atoms with Gasteiger partial charge in [0, 0.05) is 16.6 Å². The molecule has 0 unspecified atom stereocenters. The number of esters is 1. The van der Waals surface area contributed by atoms with Crippen LogP contribution in [0.15, 0.2) is 46.9 Å². The highest BCUT2D eigenvalue weighted by Gasteiger charge is 2.16. The van der Waals surface area contributed by atoms with Gasteiger partial charge in [-0.1, -0.05) is 34.1 Å². The Bertz CT molecular complexity index is 850. The molecule has 0 radical (unpaired) electrons. The molecule has 27 heavy (non-hydrogen) atoms. The van der Waals surface area contributed by atoms with Gasteiger partial charge in [-0.25, -0.2) is 0 Å². The predicted octanol–water partition coefficient (Wildman–Crippen LogP) is 3.91. The molecule has 1 amide bonds. The average molecular weight is 434 g/mol. The minimum absolute atomic E-state index is 0.0366. The van der Waals surface area contributed by atoms with Gasteiger partial charge < -0.3 is 14.8 Å². The number of nitrogens with one attached hydrogen (secondary N) is 1. The number of benzene rings is 2. The summed E-state index contributed by atoms with van der Waals surface area (Å²) < 4.78 is 10.8. The van der Waals surface area contributed by atoms with Crippen LogP contribution in [0.3, 0.4) is 0 Å². The van der Waals surface area contributed by atoms with Crippen LogP contribution in [0.2, 0.25) is 0 Å². The lowest BCUT2D eigenvalue weighted by Crippen LogP contribution is -2.21. The predicted molar refractivity (Wildman–Crippen MR) is 105 cm³/mol. The highest BCUT2D eigenvalue weighted by Crippen LogP contribution is 2.24. The first kappa shape index (κ1) is 20.6. The van der Waals surface area contributed by atoms with Crippen LogP contribution >= 0.6 is 15.9 Å². The van der Waals surface area contributed by atoms with Crippen molar-refractivity contribution in [3.63, 3.8) is 0 Å². The van der Waals surface area contributed by atoms with Crippen LogP contribution in [0.25, 0.3) is 0 Å². The van der Waals surface area contributed by atoms with Crippen molar-refractivity contribution in [2.45, 2.75) is 19.8 Å². The van der Waals surface area contributed by atoms with Gasteiger partial charge in [-0.15, -0.1) is 0 Å². The molecule has 6 nitrogen and oxygen atoms in total. The molecule has 0 spiro atoms. The molecule has 0 aliphatic carbocycles. The van der Waals surface area contributed by atoms with Crippen LogP contribution in [0.5, 0.6) is 5.75 Å². The Morgan fingerprint density at radius 3 is 2.52 bits per heavy atom. The fraction of sp³-hybridized carbons (Fsp3) is 0.250. The van der Waals surface area contributed by atoms with E-state index >= 15 is 0 Å². The highest BCUT2D eigenvalue weighted by atomic mass is 79.9. The van der Waals surface area contributed by atoms with Gasteiger partial charge >= 0.3 is 5.97 Å². The number of aryl methyl sites for hydroxylation is 1. The van der Waals surface area contributed by atoms with E-state index in [2.05, 4.69) is 21.2 Å². The Labute approximate surface area is 166 Å². The van der Waals surface area contributed by atoms with Gasteiger partial charge in [-0.2, -0.15) is 0 Å². The molecule has 0 saturated heterocycles. The summed E-state index contributed by atoms with van der Waals surface area (Å²) in [5.41, 5.74) is 1.96. The Morgan fingerprint density at radius 2 is 1.81 bits per heavy atom. The van der Waals surface area contributed by atoms with Crippen LogP contribution in [0.1, 0.15) is 28.8 Å². The van der Waals surface area contributed by atoms with Gasteiger partial charge in [0.25, 0.3) is 5.91 Å². The van der Waals surface area contributed by atoms with E-state index < -0.39 is 18.5 Å². The summed E-state index contributed by atoms with van der Waals surface area (Å²) in [5.74, 6) is -0.849. The van der Waals surface area contributed by atoms with Crippen molar-refractivity contribution in [2.75, 3.05) is 19.0 Å². The number of hydrogen-bond acceptors (Lipinski definition) is 5. The van der Waals surface area contributed by atoms with Gasteiger partial charge in [-0.3, -0.25) is 14.4 Å². The third kappa shape index (κ3) is 6.21. The van der Waals surface area contributed by atoms with Crippen molar-refractivity contribution in [1.82, 2.24) is 0 Å². The number of anilines is 1. The van der Waals surface area contributed by atoms with E-state index in [9.17, 15) is 14.4 Å². The second-order valence-electron chi connectivity index (χ2n) is 5.79. The van der Waals surface area contributed by atoms with Crippen LogP contribution in [0.4, 0.5) is 5.69 Å². The topological polar surface area (TPSA) is 81.7 Å². The molecule has 0 heterocycles. The van der Waals surface area contributed by atoms with Crippen LogP contribution in [-0.2, 0) is 14.3 Å². The molecule has 1 N–H and O–H groups in total. The molecule has 0 aliphatic rings. The zero-order valence-corrected chi connectivity index (χ0v) is 16.7. The molecule has 2 aromatic carbocycles. The van der Waals surface area contributed by atoms with Crippen molar-refractivity contribution in [3.8, 4) is 5.75 Å². The summed E-state index contributed by atoms with van der Waals surface area (Å²) in [6.45, 7) is 1.46. The number of amides is 1. The number of Topliss-reactive ketones (excluding diaryl/α,β-unsaturated/α-hetero) is 1. The maximum atomic E-state index is 12.3. The second kappa shape index (κ2) is 9.87. The molecule has 2 aromatic rings. The first-order valence-corrected chi connectivity index (χ1v) is 9.08. The lowest BCUT2D eigenvalue weighted by molar-refractivity contribution is -0.147. The van der Waals surface area contributed by atoms with Crippen LogP contribution in [-0.4, -0.2) is 31.4 Å². The summed E-state index contributed by atoms with van der Waals surface area (Å²) in [6.07, 6.45) is -0.156. The molecule has 0 aromatic heterocycles. The lowest BCUT2D eigenvalue weighted by Gasteiger charge is -2.09. The number of hydrogen-bond donors (Lipinski definition) is 1. The van der Waals surface area contributed by atoms with Crippen molar-refractivity contribution < 1.29 is 23.9 Å². The summed E-state index contributed by atoms with van der Waals surface area (Å²) in [5, 5.41) is 2.67. The third-order valence-corrected chi connectivity index (χ3v) is 4.29. The zero-order chi connectivity index (χ0) is 19.8. The van der Waals surface area contributed by atoms with E-state index in [1.165, 1.54) is 7.11 Å². The van der Waals surface area contributed by atoms with E-state index in [-0.39, 0.29) is 18.6 Å². The van der Waals surface area contributed by atoms with E-state index in [4.69, 9.17) is 9.47 Å². The number of para-hydroxylation sites is 1. The standard InChI is InChI=1S/C20H20BrNO5/c1-13-5-3-4-6-16(13)22-19(24)12-27-20(25)10-8-17(23)15-11-14(21)7-9-18(15)26-2/h3-7,9,11H,8,10,12H2,1-2H3,(H,22,24). The summed E-state index contributed by atoms with van der Waals surface area (Å²) in [6, 6.07) is 12.4. The fourth-order valence-electron chi connectivity index (χ4n) is 2.37. The lowest BCUT2D eigenvalue weighted by atomic mass is 10.1. The highest BCUT2D eigenvalue weighted by molar-refractivity contribution is 9.10. The Balaban J connectivity index is 1.81. The summed E-state index contributed by atoms with van der Waals surface area (Å²) in [4.78, 5) is 36.0. The number of methoxy groups -OCH3 is 1. The molecular weight excluding hydrogens is 414 g/mol. The number of carbonyl (C=O) groups excluding carboxylic acids is 3. The van der Waals surface area contributed by atoms with Crippen molar-refractivity contribution in [1.29, 1.82) is 0 Å². The number of carbonyl (C=O) groups is 3. The Hall–Kier alpha value is -2.67. The first-order chi connectivity index (χ1) is 12.9. The largest absolute Gasteiger partial charge is 0.496 e. The van der Waals surface area contributed by atoms with Gasteiger partial charge in [-0.05, 0) is 36.8 Å². The summed E-state index contributed by atoms with van der Waals surface area (Å²) >= 11 is 3.30. The fourth-order valence-corrected chi connectivity index (χ4v) is 2.73. The SMILES string of the molecule is COc1ccc(Br)cc1C(=O)CCC(=O)OCC(=O)Nc1ccccc1C. The van der Waals surface area contributed by atoms with E-state index in [0.717, 1.165) is 10.0 Å². The molecule has 7 heteroatoms. The zero-order valence-electron chi connectivity index (χ0n) is 15.1. The minimum atomic E-state index is -0.614. The van der Waals surface area contributed by atoms with Crippen LogP contribution < -0.4 is 10.1 Å². The van der Waals surface area contributed by atoms with Gasteiger partial charge in [0.1, 0.15) is 5.75 Å². The molecule has 0 fully saturated rings. The number of halogens is 1. The average Bonchev–Trinajstić information content (AvgIpc) is 2.66. The Kier molecular flexibility index (Phi) is 7.55. The maximum absolute atomic E-state index is 12.3. The molecule has 0 bridgehead atoms. The van der Waals surface area contributed by atoms with E-state index in [0.29, 0.717) is 17.0 Å². The van der Waals surface area contributed by atoms with Gasteiger partial charge in [0.15, 0.2) is 12.4 Å². The second-order valence-corrected chi connectivity index (χ2v) is 6.71. The normalized spacial score (nSPS) is 10.2. The molecule has 2 rings (SSSR count).